The summed E-state index contributed by atoms with van der Waals surface area (Å²) in [6.45, 7) is 0.597. The van der Waals surface area contributed by atoms with Gasteiger partial charge in [0.25, 0.3) is 0 Å². The van der Waals surface area contributed by atoms with Crippen molar-refractivity contribution in [1.82, 2.24) is 10.2 Å². The maximum absolute atomic E-state index is 11.5. The second-order valence-electron chi connectivity index (χ2n) is 3.66. The second kappa shape index (κ2) is 6.04. The Kier molecular flexibility index (Phi) is 4.70. The molecule has 1 heterocycles. The fourth-order valence-corrected chi connectivity index (χ4v) is 1.50. The molecule has 4 N–H and O–H groups in total. The molecule has 0 aromatic rings. The number of carboxylic acid groups (broad SMARTS) is 1. The Labute approximate surface area is 97.7 Å². The van der Waals surface area contributed by atoms with Gasteiger partial charge in [0, 0.05) is 13.1 Å². The molecule has 1 aliphatic rings. The number of morpholine rings is 1. The molecular weight excluding hydrogens is 230 g/mol. The number of carboxylic acids is 1. The fraction of sp³-hybridized carbons (Fsp3) is 0.667. The highest BCUT2D eigenvalue weighted by atomic mass is 16.5. The van der Waals surface area contributed by atoms with Crippen molar-refractivity contribution in [2.75, 3.05) is 26.2 Å². The Balaban J connectivity index is 2.40. The fourth-order valence-electron chi connectivity index (χ4n) is 1.50. The van der Waals surface area contributed by atoms with Crippen molar-refractivity contribution in [1.29, 1.82) is 0 Å². The zero-order valence-corrected chi connectivity index (χ0v) is 9.22. The molecule has 8 nitrogen and oxygen atoms in total. The predicted octanol–water partition coefficient (Wildman–Crippen LogP) is -1.64. The molecule has 1 unspecified atom stereocenters. The van der Waals surface area contributed by atoms with E-state index in [9.17, 15) is 14.4 Å². The van der Waals surface area contributed by atoms with Crippen molar-refractivity contribution in [2.24, 2.45) is 5.73 Å². The summed E-state index contributed by atoms with van der Waals surface area (Å²) in [6, 6.07) is -0.442. The summed E-state index contributed by atoms with van der Waals surface area (Å²) >= 11 is 0. The van der Waals surface area contributed by atoms with Crippen LogP contribution in [-0.2, 0) is 14.3 Å². The first-order chi connectivity index (χ1) is 7.99. The van der Waals surface area contributed by atoms with E-state index in [0.717, 1.165) is 0 Å². The van der Waals surface area contributed by atoms with Crippen molar-refractivity contribution in [3.63, 3.8) is 0 Å². The van der Waals surface area contributed by atoms with Gasteiger partial charge in [-0.05, 0) is 0 Å². The zero-order valence-electron chi connectivity index (χ0n) is 9.22. The molecule has 0 saturated carbocycles. The molecule has 96 valence electrons. The van der Waals surface area contributed by atoms with Gasteiger partial charge in [-0.25, -0.2) is 4.79 Å². The molecule has 0 spiro atoms. The normalized spacial score (nSPS) is 19.8. The van der Waals surface area contributed by atoms with Crippen molar-refractivity contribution >= 4 is 17.9 Å². The highest BCUT2D eigenvalue weighted by Crippen LogP contribution is 2.08. The van der Waals surface area contributed by atoms with Crippen LogP contribution < -0.4 is 11.1 Å². The van der Waals surface area contributed by atoms with E-state index in [1.807, 2.05) is 0 Å². The summed E-state index contributed by atoms with van der Waals surface area (Å²) in [4.78, 5) is 33.9. The first-order valence-electron chi connectivity index (χ1n) is 5.13. The summed E-state index contributed by atoms with van der Waals surface area (Å²) in [5.74, 6) is -1.61. The molecule has 1 rings (SSSR count). The van der Waals surface area contributed by atoms with Crippen LogP contribution in [0.1, 0.15) is 6.42 Å². The van der Waals surface area contributed by atoms with Crippen molar-refractivity contribution in [2.45, 2.75) is 12.5 Å². The number of nitrogens with two attached hydrogens (primary N) is 1. The van der Waals surface area contributed by atoms with Gasteiger partial charge in [0.2, 0.25) is 5.91 Å². The lowest BCUT2D eigenvalue weighted by atomic mass is 10.2. The number of amides is 3. The molecule has 17 heavy (non-hydrogen) atoms. The molecule has 1 aliphatic heterocycles. The van der Waals surface area contributed by atoms with E-state index >= 15 is 0 Å². The maximum atomic E-state index is 11.5. The monoisotopic (exact) mass is 245 g/mol. The highest BCUT2D eigenvalue weighted by Gasteiger charge is 2.25. The number of ether oxygens (including phenoxy) is 1. The van der Waals surface area contributed by atoms with Crippen LogP contribution in [0, 0.1) is 0 Å². The number of nitrogens with zero attached hydrogens (tertiary/aromatic N) is 1. The summed E-state index contributed by atoms with van der Waals surface area (Å²) in [7, 11) is 0. The molecule has 0 aromatic heterocycles. The van der Waals surface area contributed by atoms with Crippen LogP contribution in [-0.4, -0.2) is 60.3 Å². The average molecular weight is 245 g/mol. The molecule has 1 atom stereocenters. The Bertz CT molecular complexity index is 320. The number of carbonyl (C=O) groups is 3. The summed E-state index contributed by atoms with van der Waals surface area (Å²) in [5.41, 5.74) is 4.89. The van der Waals surface area contributed by atoms with Gasteiger partial charge in [-0.15, -0.1) is 0 Å². The van der Waals surface area contributed by atoms with Crippen LogP contribution in [0.4, 0.5) is 4.79 Å². The zero-order chi connectivity index (χ0) is 12.8. The molecule has 0 radical (unpaired) electrons. The number of nitrogens with one attached hydrogen (secondary N) is 1. The molecule has 1 fully saturated rings. The van der Waals surface area contributed by atoms with Gasteiger partial charge in [0.1, 0.15) is 0 Å². The summed E-state index contributed by atoms with van der Waals surface area (Å²) in [5, 5.41) is 10.9. The Morgan fingerprint density at radius 3 is 2.76 bits per heavy atom. The number of hydrogen-bond acceptors (Lipinski definition) is 4. The Morgan fingerprint density at radius 1 is 1.47 bits per heavy atom. The van der Waals surface area contributed by atoms with E-state index in [0.29, 0.717) is 6.54 Å². The first kappa shape index (κ1) is 13.2. The number of urea groups is 1. The van der Waals surface area contributed by atoms with E-state index in [-0.39, 0.29) is 26.1 Å². The number of carbonyl (C=O) groups excluding carboxylic acids is 2. The third-order valence-electron chi connectivity index (χ3n) is 2.24. The van der Waals surface area contributed by atoms with Gasteiger partial charge in [0.05, 0.1) is 25.7 Å². The highest BCUT2D eigenvalue weighted by molar-refractivity contribution is 5.82. The van der Waals surface area contributed by atoms with Crippen molar-refractivity contribution in [3.05, 3.63) is 0 Å². The van der Waals surface area contributed by atoms with Gasteiger partial charge >= 0.3 is 12.0 Å². The lowest BCUT2D eigenvalue weighted by Gasteiger charge is -2.32. The average Bonchev–Trinajstić information content (AvgIpc) is 2.25. The van der Waals surface area contributed by atoms with E-state index in [1.54, 1.807) is 0 Å². The maximum Gasteiger partial charge on any atom is 0.318 e. The quantitative estimate of drug-likeness (QED) is 0.548. The van der Waals surface area contributed by atoms with Gasteiger partial charge in [-0.2, -0.15) is 0 Å². The first-order valence-corrected chi connectivity index (χ1v) is 5.13. The van der Waals surface area contributed by atoms with E-state index < -0.39 is 24.0 Å². The largest absolute Gasteiger partial charge is 0.481 e. The SMILES string of the molecule is NC(=O)CNC(=O)N1CCOC(CC(=O)O)C1. The lowest BCUT2D eigenvalue weighted by molar-refractivity contribution is -0.141. The van der Waals surface area contributed by atoms with E-state index in [1.165, 1.54) is 4.90 Å². The standard InChI is InChI=1S/C9H15N3O5/c10-7(13)4-11-9(16)12-1-2-17-6(5-12)3-8(14)15/h6H,1-5H2,(H2,10,13)(H,11,16)(H,14,15). The molecule has 0 bridgehead atoms. The smallest absolute Gasteiger partial charge is 0.318 e. The van der Waals surface area contributed by atoms with Crippen LogP contribution in [0.2, 0.25) is 0 Å². The summed E-state index contributed by atoms with van der Waals surface area (Å²) < 4.78 is 5.20. The van der Waals surface area contributed by atoms with Crippen LogP contribution in [0.15, 0.2) is 0 Å². The minimum atomic E-state index is -0.977. The van der Waals surface area contributed by atoms with Crippen molar-refractivity contribution in [3.8, 4) is 0 Å². The topological polar surface area (TPSA) is 122 Å². The Morgan fingerprint density at radius 2 is 2.18 bits per heavy atom. The van der Waals surface area contributed by atoms with Gasteiger partial charge in [0.15, 0.2) is 0 Å². The van der Waals surface area contributed by atoms with Crippen LogP contribution in [0.25, 0.3) is 0 Å². The molecule has 1 saturated heterocycles. The number of rotatable bonds is 4. The number of hydrogen-bond donors (Lipinski definition) is 3. The van der Waals surface area contributed by atoms with Crippen molar-refractivity contribution < 1.29 is 24.2 Å². The minimum absolute atomic E-state index is 0.153. The molecule has 3 amide bonds. The third kappa shape index (κ3) is 4.68. The van der Waals surface area contributed by atoms with E-state index in [2.05, 4.69) is 5.32 Å². The van der Waals surface area contributed by atoms with Gasteiger partial charge < -0.3 is 25.8 Å². The minimum Gasteiger partial charge on any atom is -0.481 e. The molecular formula is C9H15N3O5. The third-order valence-corrected chi connectivity index (χ3v) is 2.24. The predicted molar refractivity (Wildman–Crippen MR) is 56.2 cm³/mol. The van der Waals surface area contributed by atoms with E-state index in [4.69, 9.17) is 15.6 Å². The molecule has 0 aliphatic carbocycles. The second-order valence-corrected chi connectivity index (χ2v) is 3.66. The van der Waals surface area contributed by atoms with Crippen LogP contribution in [0.5, 0.6) is 0 Å². The lowest BCUT2D eigenvalue weighted by Crippen LogP contribution is -2.51. The van der Waals surface area contributed by atoms with Crippen LogP contribution >= 0.6 is 0 Å². The summed E-state index contributed by atoms with van der Waals surface area (Å²) in [6.07, 6.45) is -0.667. The van der Waals surface area contributed by atoms with Gasteiger partial charge in [-0.1, -0.05) is 0 Å². The van der Waals surface area contributed by atoms with Gasteiger partial charge in [-0.3, -0.25) is 9.59 Å². The molecule has 0 aromatic carbocycles. The number of primary amides is 1. The Hall–Kier alpha value is -1.83. The van der Waals surface area contributed by atoms with Crippen LogP contribution in [0.3, 0.4) is 0 Å². The number of aliphatic carboxylic acids is 1. The molecule has 8 heteroatoms.